The third-order valence-corrected chi connectivity index (χ3v) is 2.34. The summed E-state index contributed by atoms with van der Waals surface area (Å²) in [6.07, 6.45) is 1.22. The molecular formula is C10H16N4O3. The zero-order chi connectivity index (χ0) is 12.8. The van der Waals surface area contributed by atoms with Gasteiger partial charge in [-0.2, -0.15) is 0 Å². The highest BCUT2D eigenvalue weighted by Gasteiger charge is 2.15. The summed E-state index contributed by atoms with van der Waals surface area (Å²) in [5, 5.41) is 13.4. The van der Waals surface area contributed by atoms with Crippen LogP contribution in [0.3, 0.4) is 0 Å². The number of nitro groups is 1. The summed E-state index contributed by atoms with van der Waals surface area (Å²) in [6.45, 7) is 1.76. The molecule has 0 fully saturated rings. The lowest BCUT2D eigenvalue weighted by Gasteiger charge is -2.14. The molecule has 0 unspecified atom stereocenters. The Labute approximate surface area is 99.0 Å². The molecule has 0 aliphatic heterocycles. The standard InChI is InChI=1S/C10H16N4O3/c1-11-3-4-13(2)7-10(15)9-5-8(6-12-9)14(16)17/h5-6,11-12H,3-4,7H2,1-2H3. The first kappa shape index (κ1) is 13.3. The highest BCUT2D eigenvalue weighted by atomic mass is 16.6. The number of H-pyrrole nitrogens is 1. The Kier molecular flexibility index (Phi) is 4.80. The fourth-order valence-corrected chi connectivity index (χ4v) is 1.36. The van der Waals surface area contributed by atoms with Crippen LogP contribution >= 0.6 is 0 Å². The molecule has 1 aromatic heterocycles. The van der Waals surface area contributed by atoms with Crippen molar-refractivity contribution < 1.29 is 9.72 Å². The molecule has 0 atom stereocenters. The van der Waals surface area contributed by atoms with Gasteiger partial charge in [0.2, 0.25) is 0 Å². The zero-order valence-electron chi connectivity index (χ0n) is 9.90. The number of nitrogens with one attached hydrogen (secondary N) is 2. The first-order chi connectivity index (χ1) is 8.04. The van der Waals surface area contributed by atoms with Gasteiger partial charge in [-0.25, -0.2) is 0 Å². The molecule has 0 aliphatic carbocycles. The molecule has 0 bridgehead atoms. The van der Waals surface area contributed by atoms with E-state index in [1.165, 1.54) is 12.3 Å². The number of aromatic amines is 1. The molecular weight excluding hydrogens is 224 g/mol. The molecule has 7 nitrogen and oxygen atoms in total. The van der Waals surface area contributed by atoms with Gasteiger partial charge in [-0.3, -0.25) is 19.8 Å². The predicted octanol–water partition coefficient (Wildman–Crippen LogP) is 0.257. The van der Waals surface area contributed by atoms with Gasteiger partial charge in [0.1, 0.15) is 0 Å². The Morgan fingerprint density at radius 1 is 1.65 bits per heavy atom. The van der Waals surface area contributed by atoms with Gasteiger partial charge >= 0.3 is 0 Å². The Balaban J connectivity index is 2.54. The molecule has 7 heteroatoms. The Hall–Kier alpha value is -1.73. The average molecular weight is 240 g/mol. The number of Topliss-reactive ketones (excluding diaryl/α,β-unsaturated/α-hetero) is 1. The van der Waals surface area contributed by atoms with Gasteiger partial charge in [-0.1, -0.05) is 0 Å². The number of hydrogen-bond acceptors (Lipinski definition) is 5. The maximum Gasteiger partial charge on any atom is 0.287 e. The SMILES string of the molecule is CNCCN(C)CC(=O)c1cc([N+](=O)[O-])c[nH]1. The maximum atomic E-state index is 11.7. The van der Waals surface area contributed by atoms with Gasteiger partial charge < -0.3 is 10.3 Å². The van der Waals surface area contributed by atoms with Crippen LogP contribution in [-0.4, -0.2) is 54.3 Å². The summed E-state index contributed by atoms with van der Waals surface area (Å²) in [4.78, 5) is 26.1. The van der Waals surface area contributed by atoms with E-state index >= 15 is 0 Å². The number of carbonyl (C=O) groups excluding carboxylic acids is 1. The molecule has 0 aromatic carbocycles. The Bertz CT molecular complexity index is 402. The highest BCUT2D eigenvalue weighted by Crippen LogP contribution is 2.12. The molecule has 0 radical (unpaired) electrons. The minimum absolute atomic E-state index is 0.0915. The normalized spacial score (nSPS) is 10.8. The van der Waals surface area contributed by atoms with Crippen molar-refractivity contribution >= 4 is 11.5 Å². The van der Waals surface area contributed by atoms with E-state index in [-0.39, 0.29) is 23.7 Å². The predicted molar refractivity (Wildman–Crippen MR) is 63.2 cm³/mol. The van der Waals surface area contributed by atoms with Gasteiger partial charge in [0, 0.05) is 19.2 Å². The summed E-state index contributed by atoms with van der Waals surface area (Å²) >= 11 is 0. The van der Waals surface area contributed by atoms with Crippen LogP contribution < -0.4 is 5.32 Å². The molecule has 1 aromatic rings. The van der Waals surface area contributed by atoms with Crippen LogP contribution in [0.5, 0.6) is 0 Å². The lowest BCUT2D eigenvalue weighted by Crippen LogP contribution is -2.31. The van der Waals surface area contributed by atoms with Gasteiger partial charge in [-0.15, -0.1) is 0 Å². The largest absolute Gasteiger partial charge is 0.353 e. The molecule has 1 rings (SSSR count). The average Bonchev–Trinajstić information content (AvgIpc) is 2.75. The zero-order valence-corrected chi connectivity index (χ0v) is 9.90. The highest BCUT2D eigenvalue weighted by molar-refractivity contribution is 5.96. The quantitative estimate of drug-likeness (QED) is 0.405. The second-order valence-electron chi connectivity index (χ2n) is 3.79. The lowest BCUT2D eigenvalue weighted by atomic mass is 10.2. The number of likely N-dealkylation sites (N-methyl/N-ethyl adjacent to an activating group) is 2. The van der Waals surface area contributed by atoms with Gasteiger partial charge in [0.25, 0.3) is 5.69 Å². The summed E-state index contributed by atoms with van der Waals surface area (Å²) in [5.74, 6) is -0.156. The summed E-state index contributed by atoms with van der Waals surface area (Å²) < 4.78 is 0. The van der Waals surface area contributed by atoms with Crippen LogP contribution in [0.2, 0.25) is 0 Å². The molecule has 94 valence electrons. The van der Waals surface area contributed by atoms with Crippen molar-refractivity contribution in [2.24, 2.45) is 0 Å². The molecule has 1 heterocycles. The van der Waals surface area contributed by atoms with E-state index in [4.69, 9.17) is 0 Å². The monoisotopic (exact) mass is 240 g/mol. The number of nitrogens with zero attached hydrogens (tertiary/aromatic N) is 2. The number of aromatic nitrogens is 1. The van der Waals surface area contributed by atoms with E-state index in [2.05, 4.69) is 10.3 Å². The van der Waals surface area contributed by atoms with Crippen molar-refractivity contribution in [3.8, 4) is 0 Å². The molecule has 0 aliphatic rings. The van der Waals surface area contributed by atoms with Crippen LogP contribution in [0.25, 0.3) is 0 Å². The van der Waals surface area contributed by atoms with E-state index < -0.39 is 4.92 Å². The van der Waals surface area contributed by atoms with Crippen molar-refractivity contribution in [1.29, 1.82) is 0 Å². The minimum Gasteiger partial charge on any atom is -0.353 e. The third kappa shape index (κ3) is 3.97. The van der Waals surface area contributed by atoms with Crippen LogP contribution in [0, 0.1) is 10.1 Å². The van der Waals surface area contributed by atoms with Crippen molar-refractivity contribution in [2.75, 3.05) is 33.7 Å². The van der Waals surface area contributed by atoms with E-state index in [1.807, 2.05) is 19.0 Å². The molecule has 0 saturated heterocycles. The third-order valence-electron chi connectivity index (χ3n) is 2.34. The van der Waals surface area contributed by atoms with Crippen molar-refractivity contribution in [3.05, 3.63) is 28.1 Å². The van der Waals surface area contributed by atoms with E-state index in [1.54, 1.807) is 0 Å². The summed E-state index contributed by atoms with van der Waals surface area (Å²) in [6, 6.07) is 1.26. The molecule has 0 spiro atoms. The fourth-order valence-electron chi connectivity index (χ4n) is 1.36. The summed E-state index contributed by atoms with van der Waals surface area (Å²) in [5.41, 5.74) is 0.180. The van der Waals surface area contributed by atoms with Gasteiger partial charge in [0.05, 0.1) is 23.4 Å². The van der Waals surface area contributed by atoms with E-state index in [9.17, 15) is 14.9 Å². The van der Waals surface area contributed by atoms with Crippen LogP contribution in [0.4, 0.5) is 5.69 Å². The molecule has 17 heavy (non-hydrogen) atoms. The molecule has 0 amide bonds. The Morgan fingerprint density at radius 3 is 2.88 bits per heavy atom. The van der Waals surface area contributed by atoms with Gasteiger partial charge in [0.15, 0.2) is 5.78 Å². The Morgan fingerprint density at radius 2 is 2.35 bits per heavy atom. The second-order valence-corrected chi connectivity index (χ2v) is 3.79. The van der Waals surface area contributed by atoms with Crippen molar-refractivity contribution in [3.63, 3.8) is 0 Å². The first-order valence-corrected chi connectivity index (χ1v) is 5.23. The number of hydrogen-bond donors (Lipinski definition) is 2. The van der Waals surface area contributed by atoms with E-state index in [0.717, 1.165) is 13.1 Å². The van der Waals surface area contributed by atoms with Crippen LogP contribution in [0.15, 0.2) is 12.3 Å². The number of rotatable bonds is 7. The fraction of sp³-hybridized carbons (Fsp3) is 0.500. The smallest absolute Gasteiger partial charge is 0.287 e. The number of ketones is 1. The number of carbonyl (C=O) groups is 1. The summed E-state index contributed by atoms with van der Waals surface area (Å²) in [7, 11) is 3.66. The minimum atomic E-state index is -0.530. The van der Waals surface area contributed by atoms with Crippen molar-refractivity contribution in [1.82, 2.24) is 15.2 Å². The lowest BCUT2D eigenvalue weighted by molar-refractivity contribution is -0.384. The molecule has 0 saturated carbocycles. The molecule has 2 N–H and O–H groups in total. The van der Waals surface area contributed by atoms with Gasteiger partial charge in [-0.05, 0) is 14.1 Å². The van der Waals surface area contributed by atoms with Crippen LogP contribution in [0.1, 0.15) is 10.5 Å². The van der Waals surface area contributed by atoms with Crippen LogP contribution in [-0.2, 0) is 0 Å². The first-order valence-electron chi connectivity index (χ1n) is 5.23. The van der Waals surface area contributed by atoms with Crippen molar-refractivity contribution in [2.45, 2.75) is 0 Å². The maximum absolute atomic E-state index is 11.7. The van der Waals surface area contributed by atoms with E-state index in [0.29, 0.717) is 0 Å². The second kappa shape index (κ2) is 6.12. The topological polar surface area (TPSA) is 91.3 Å².